The van der Waals surface area contributed by atoms with Gasteiger partial charge in [0.2, 0.25) is 0 Å². The normalized spacial score (nSPS) is 15.5. The molecule has 3 rings (SSSR count). The number of hydrogen-bond donors (Lipinski definition) is 1. The Balaban J connectivity index is 1.72. The van der Waals surface area contributed by atoms with Gasteiger partial charge in [-0.2, -0.15) is 0 Å². The van der Waals surface area contributed by atoms with Crippen LogP contribution in [0.3, 0.4) is 0 Å². The number of halogens is 1. The smallest absolute Gasteiger partial charge is 0.251 e. The summed E-state index contributed by atoms with van der Waals surface area (Å²) in [6.07, 6.45) is 4.79. The minimum atomic E-state index is -0.0430. The molecule has 5 heteroatoms. The average Bonchev–Trinajstić information content (AvgIpc) is 3.00. The molecule has 1 saturated carbocycles. The fraction of sp³-hybridized carbons (Fsp3) is 0.375. The van der Waals surface area contributed by atoms with E-state index in [1.807, 2.05) is 24.3 Å². The van der Waals surface area contributed by atoms with Gasteiger partial charge in [-0.05, 0) is 37.1 Å². The molecule has 0 unspecified atom stereocenters. The fourth-order valence-corrected chi connectivity index (χ4v) is 3.60. The van der Waals surface area contributed by atoms with Crippen LogP contribution in [0.4, 0.5) is 0 Å². The third-order valence-corrected chi connectivity index (χ3v) is 5.05. The van der Waals surface area contributed by atoms with E-state index in [1.54, 1.807) is 17.8 Å². The van der Waals surface area contributed by atoms with Crippen molar-refractivity contribution < 1.29 is 0 Å². The van der Waals surface area contributed by atoms with Gasteiger partial charge in [0, 0.05) is 21.9 Å². The lowest BCUT2D eigenvalue weighted by atomic mass is 10.0. The number of hydrogen-bond acceptors (Lipinski definition) is 3. The first-order valence-electron chi connectivity index (χ1n) is 7.19. The van der Waals surface area contributed by atoms with Crippen LogP contribution in [-0.2, 0) is 5.75 Å². The van der Waals surface area contributed by atoms with Crippen LogP contribution in [0.25, 0.3) is 0 Å². The molecular formula is C16H17ClN2OS. The van der Waals surface area contributed by atoms with Gasteiger partial charge in [-0.3, -0.25) is 4.79 Å². The Morgan fingerprint density at radius 3 is 2.67 bits per heavy atom. The highest BCUT2D eigenvalue weighted by molar-refractivity contribution is 7.98. The first kappa shape index (κ1) is 14.7. The maximum atomic E-state index is 11.8. The Morgan fingerprint density at radius 2 is 1.95 bits per heavy atom. The van der Waals surface area contributed by atoms with Crippen LogP contribution < -0.4 is 5.56 Å². The molecule has 1 N–H and O–H groups in total. The molecule has 0 aliphatic heterocycles. The van der Waals surface area contributed by atoms with Crippen LogP contribution in [0.1, 0.15) is 43.1 Å². The summed E-state index contributed by atoms with van der Waals surface area (Å²) in [5, 5.41) is 0.731. The van der Waals surface area contributed by atoms with E-state index in [0.717, 1.165) is 34.3 Å². The van der Waals surface area contributed by atoms with Crippen LogP contribution in [0.15, 0.2) is 40.0 Å². The Bertz CT molecular complexity index is 663. The molecule has 2 aromatic rings. The van der Waals surface area contributed by atoms with E-state index in [4.69, 9.17) is 11.6 Å². The van der Waals surface area contributed by atoms with E-state index >= 15 is 0 Å². The van der Waals surface area contributed by atoms with Crippen LogP contribution in [0.5, 0.6) is 0 Å². The third kappa shape index (κ3) is 3.89. The summed E-state index contributed by atoms with van der Waals surface area (Å²) in [6, 6.07) is 9.36. The van der Waals surface area contributed by atoms with Crippen molar-refractivity contribution in [2.75, 3.05) is 0 Å². The zero-order valence-corrected chi connectivity index (χ0v) is 13.2. The first-order valence-corrected chi connectivity index (χ1v) is 8.55. The second-order valence-corrected chi connectivity index (χ2v) is 6.83. The molecule has 1 fully saturated rings. The van der Waals surface area contributed by atoms with Crippen molar-refractivity contribution in [3.8, 4) is 0 Å². The first-order chi connectivity index (χ1) is 10.2. The Labute approximate surface area is 133 Å². The highest BCUT2D eigenvalue weighted by Gasteiger charge is 2.19. The van der Waals surface area contributed by atoms with Gasteiger partial charge < -0.3 is 4.98 Å². The predicted octanol–water partition coefficient (Wildman–Crippen LogP) is 4.37. The van der Waals surface area contributed by atoms with Gasteiger partial charge in [-0.25, -0.2) is 4.98 Å². The molecule has 110 valence electrons. The molecule has 0 saturated heterocycles. The van der Waals surface area contributed by atoms with Gasteiger partial charge in [0.1, 0.15) is 5.82 Å². The summed E-state index contributed by atoms with van der Waals surface area (Å²) in [5.41, 5.74) is 0.918. The minimum absolute atomic E-state index is 0.0430. The lowest BCUT2D eigenvalue weighted by Crippen LogP contribution is -2.13. The molecule has 0 spiro atoms. The molecule has 0 bridgehead atoms. The van der Waals surface area contributed by atoms with E-state index in [0.29, 0.717) is 11.7 Å². The maximum absolute atomic E-state index is 11.8. The Morgan fingerprint density at radius 1 is 1.24 bits per heavy atom. The maximum Gasteiger partial charge on any atom is 0.251 e. The van der Waals surface area contributed by atoms with Crippen molar-refractivity contribution in [3.63, 3.8) is 0 Å². The van der Waals surface area contributed by atoms with E-state index in [2.05, 4.69) is 9.97 Å². The molecule has 0 radical (unpaired) electrons. The van der Waals surface area contributed by atoms with Crippen LogP contribution >= 0.6 is 23.4 Å². The van der Waals surface area contributed by atoms with Crippen molar-refractivity contribution >= 4 is 23.4 Å². The number of H-pyrrole nitrogens is 1. The Hall–Kier alpha value is -1.26. The number of thioether (sulfide) groups is 1. The lowest BCUT2D eigenvalue weighted by molar-refractivity contribution is 0.685. The van der Waals surface area contributed by atoms with Gasteiger partial charge >= 0.3 is 0 Å². The lowest BCUT2D eigenvalue weighted by Gasteiger charge is -2.09. The monoisotopic (exact) mass is 320 g/mol. The van der Waals surface area contributed by atoms with E-state index in [1.165, 1.54) is 12.8 Å². The fourth-order valence-electron chi connectivity index (χ4n) is 2.71. The number of nitrogens with zero attached hydrogens (tertiary/aromatic N) is 1. The van der Waals surface area contributed by atoms with Crippen molar-refractivity contribution in [1.82, 2.24) is 9.97 Å². The minimum Gasteiger partial charge on any atom is -0.310 e. The predicted molar refractivity (Wildman–Crippen MR) is 87.1 cm³/mol. The van der Waals surface area contributed by atoms with E-state index in [9.17, 15) is 4.79 Å². The van der Waals surface area contributed by atoms with E-state index in [-0.39, 0.29) is 5.56 Å². The molecule has 21 heavy (non-hydrogen) atoms. The van der Waals surface area contributed by atoms with Crippen LogP contribution in [-0.4, -0.2) is 9.97 Å². The topological polar surface area (TPSA) is 45.8 Å². The quantitative estimate of drug-likeness (QED) is 0.851. The molecular weight excluding hydrogens is 304 g/mol. The summed E-state index contributed by atoms with van der Waals surface area (Å²) in [5.74, 6) is 1.88. The average molecular weight is 321 g/mol. The zero-order valence-electron chi connectivity index (χ0n) is 11.6. The number of aromatic amines is 1. The largest absolute Gasteiger partial charge is 0.310 e. The molecule has 1 heterocycles. The van der Waals surface area contributed by atoms with Gasteiger partial charge in [-0.1, -0.05) is 24.4 Å². The molecule has 0 atom stereocenters. The summed E-state index contributed by atoms with van der Waals surface area (Å²) in [7, 11) is 0. The van der Waals surface area contributed by atoms with Gasteiger partial charge in [0.05, 0.1) is 11.4 Å². The third-order valence-electron chi connectivity index (χ3n) is 3.77. The summed E-state index contributed by atoms with van der Waals surface area (Å²) in [6.45, 7) is 0. The number of aromatic nitrogens is 2. The highest BCUT2D eigenvalue weighted by atomic mass is 35.5. The van der Waals surface area contributed by atoms with Crippen molar-refractivity contribution in [1.29, 1.82) is 0 Å². The second-order valence-electron chi connectivity index (χ2n) is 5.34. The highest BCUT2D eigenvalue weighted by Crippen LogP contribution is 2.32. The second kappa shape index (κ2) is 6.67. The standard InChI is InChI=1S/C16H17ClN2OS/c17-12-5-7-13(8-6-12)21-10-15-18-14(9-16(20)19-15)11-3-1-2-4-11/h5-9,11H,1-4,10H2,(H,18,19,20). The van der Waals surface area contributed by atoms with Crippen LogP contribution in [0.2, 0.25) is 5.02 Å². The summed E-state index contributed by atoms with van der Waals surface area (Å²) >= 11 is 7.52. The van der Waals surface area contributed by atoms with E-state index < -0.39 is 0 Å². The molecule has 1 aromatic heterocycles. The number of benzene rings is 1. The molecule has 1 aliphatic rings. The van der Waals surface area contributed by atoms with Gasteiger partial charge in [-0.15, -0.1) is 11.8 Å². The van der Waals surface area contributed by atoms with Gasteiger partial charge in [0.15, 0.2) is 0 Å². The van der Waals surface area contributed by atoms with Gasteiger partial charge in [0.25, 0.3) is 5.56 Å². The summed E-state index contributed by atoms with van der Waals surface area (Å²) < 4.78 is 0. The number of nitrogens with one attached hydrogen (secondary N) is 1. The molecule has 1 aliphatic carbocycles. The summed E-state index contributed by atoms with van der Waals surface area (Å²) in [4.78, 5) is 20.4. The Kier molecular flexibility index (Phi) is 4.66. The molecule has 3 nitrogen and oxygen atoms in total. The number of rotatable bonds is 4. The SMILES string of the molecule is O=c1cc(C2CCCC2)nc(CSc2ccc(Cl)cc2)[nH]1. The van der Waals surface area contributed by atoms with Crippen LogP contribution in [0, 0.1) is 0 Å². The molecule has 1 aromatic carbocycles. The zero-order chi connectivity index (χ0) is 14.7. The van der Waals surface area contributed by atoms with Crippen molar-refractivity contribution in [3.05, 3.63) is 57.2 Å². The van der Waals surface area contributed by atoms with Crippen molar-refractivity contribution in [2.45, 2.75) is 42.2 Å². The molecule has 0 amide bonds. The van der Waals surface area contributed by atoms with Crippen molar-refractivity contribution in [2.24, 2.45) is 0 Å².